The molecule has 1 fully saturated rings. The molecular weight excluding hydrogens is 520 g/mol. The first kappa shape index (κ1) is 28.2. The van der Waals surface area contributed by atoms with E-state index in [-0.39, 0.29) is 26.2 Å². The van der Waals surface area contributed by atoms with Crippen molar-refractivity contribution < 1.29 is 18.6 Å². The van der Waals surface area contributed by atoms with Gasteiger partial charge in [0.15, 0.2) is 0 Å². The van der Waals surface area contributed by atoms with Crippen LogP contribution < -0.4 is 0 Å². The van der Waals surface area contributed by atoms with E-state index in [1.54, 1.807) is 0 Å². The fraction of sp³-hybridized carbons (Fsp3) is 0.273. The molecule has 0 amide bonds. The minimum atomic E-state index is -3.99. The average molecular weight is 557 g/mol. The standard InChI is InChI=1S/C33H36N2O4S/c36-32-24-34(22-30-17-9-7-15-28(30)20-19-26-11-3-1-4-12-26)40(38,39)35(25-33(32)37)23-31-18-10-8-16-29(31)21-27-13-5-2-6-14-27/h1-18,32-33,36-37H,19-25H2/t32-,33-/m0/s1. The van der Waals surface area contributed by atoms with Gasteiger partial charge < -0.3 is 10.2 Å². The van der Waals surface area contributed by atoms with Crippen LogP contribution >= 0.6 is 0 Å². The van der Waals surface area contributed by atoms with Crippen molar-refractivity contribution in [2.75, 3.05) is 13.1 Å². The number of aliphatic hydroxyl groups excluding tert-OH is 2. The molecule has 208 valence electrons. The van der Waals surface area contributed by atoms with E-state index >= 15 is 0 Å². The van der Waals surface area contributed by atoms with Crippen molar-refractivity contribution in [3.05, 3.63) is 143 Å². The van der Waals surface area contributed by atoms with E-state index < -0.39 is 22.4 Å². The molecule has 0 radical (unpaired) electrons. The van der Waals surface area contributed by atoms with E-state index in [0.717, 1.165) is 40.7 Å². The van der Waals surface area contributed by atoms with Crippen molar-refractivity contribution in [3.63, 3.8) is 0 Å². The molecule has 1 aliphatic heterocycles. The summed E-state index contributed by atoms with van der Waals surface area (Å²) in [6.07, 6.45) is -0.0778. The Morgan fingerprint density at radius 1 is 0.550 bits per heavy atom. The largest absolute Gasteiger partial charge is 0.389 e. The van der Waals surface area contributed by atoms with Crippen molar-refractivity contribution >= 4 is 10.2 Å². The SMILES string of the molecule is O=S1(=O)N(Cc2ccccc2CCc2ccccc2)C[C@H](O)[C@@H](O)CN1Cc1ccccc1Cc1ccccc1. The predicted octanol–water partition coefficient (Wildman–Crippen LogP) is 4.35. The van der Waals surface area contributed by atoms with Gasteiger partial charge in [-0.1, -0.05) is 109 Å². The summed E-state index contributed by atoms with van der Waals surface area (Å²) in [6.45, 7) is -0.103. The molecule has 1 aliphatic rings. The first-order chi connectivity index (χ1) is 19.4. The zero-order valence-electron chi connectivity index (χ0n) is 22.5. The van der Waals surface area contributed by atoms with Gasteiger partial charge in [-0.15, -0.1) is 0 Å². The fourth-order valence-corrected chi connectivity index (χ4v) is 6.88. The third kappa shape index (κ3) is 6.86. The Bertz CT molecular complexity index is 1500. The van der Waals surface area contributed by atoms with Gasteiger partial charge in [-0.2, -0.15) is 17.0 Å². The number of aliphatic hydroxyl groups is 2. The quantitative estimate of drug-likeness (QED) is 0.321. The van der Waals surface area contributed by atoms with E-state index in [1.165, 1.54) is 14.2 Å². The Labute approximate surface area is 237 Å². The highest BCUT2D eigenvalue weighted by atomic mass is 32.2. The molecule has 6 nitrogen and oxygen atoms in total. The number of β-amino-alcohol motifs (C(OH)–C–C–N with tert-alkyl or cyclic N) is 2. The van der Waals surface area contributed by atoms with Crippen LogP contribution in [0.25, 0.3) is 0 Å². The Morgan fingerprint density at radius 3 is 1.52 bits per heavy atom. The van der Waals surface area contributed by atoms with Crippen LogP contribution in [-0.4, -0.2) is 52.5 Å². The minimum Gasteiger partial charge on any atom is -0.389 e. The molecule has 0 aliphatic carbocycles. The van der Waals surface area contributed by atoms with Crippen molar-refractivity contribution in [3.8, 4) is 0 Å². The lowest BCUT2D eigenvalue weighted by molar-refractivity contribution is 0.00886. The molecular formula is C33H36N2O4S. The van der Waals surface area contributed by atoms with Gasteiger partial charge in [0, 0.05) is 26.2 Å². The summed E-state index contributed by atoms with van der Waals surface area (Å²) in [4.78, 5) is 0. The van der Waals surface area contributed by atoms with E-state index in [0.29, 0.717) is 6.42 Å². The number of aryl methyl sites for hydroxylation is 2. The second-order valence-corrected chi connectivity index (χ2v) is 12.3. The van der Waals surface area contributed by atoms with E-state index in [2.05, 4.69) is 24.3 Å². The van der Waals surface area contributed by atoms with Gasteiger partial charge in [-0.05, 0) is 52.6 Å². The van der Waals surface area contributed by atoms with Crippen molar-refractivity contribution in [1.29, 1.82) is 0 Å². The molecule has 0 saturated carbocycles. The molecule has 1 heterocycles. The van der Waals surface area contributed by atoms with Crippen LogP contribution in [0, 0.1) is 0 Å². The van der Waals surface area contributed by atoms with Crippen molar-refractivity contribution in [1.82, 2.24) is 8.61 Å². The molecule has 2 atom stereocenters. The molecule has 0 bridgehead atoms. The van der Waals surface area contributed by atoms with E-state index in [1.807, 2.05) is 84.9 Å². The highest BCUT2D eigenvalue weighted by molar-refractivity contribution is 7.86. The van der Waals surface area contributed by atoms with E-state index in [4.69, 9.17) is 0 Å². The Morgan fingerprint density at radius 2 is 0.975 bits per heavy atom. The minimum absolute atomic E-state index is 0.112. The predicted molar refractivity (Wildman–Crippen MR) is 158 cm³/mol. The molecule has 4 aromatic carbocycles. The van der Waals surface area contributed by atoms with Gasteiger partial charge in [0.25, 0.3) is 10.2 Å². The highest BCUT2D eigenvalue weighted by Gasteiger charge is 2.39. The lowest BCUT2D eigenvalue weighted by atomic mass is 9.99. The van der Waals surface area contributed by atoms with Crippen LogP contribution in [0.5, 0.6) is 0 Å². The maximum Gasteiger partial charge on any atom is 0.282 e. The van der Waals surface area contributed by atoms with Gasteiger partial charge in [0.05, 0.1) is 12.2 Å². The first-order valence-electron chi connectivity index (χ1n) is 13.7. The van der Waals surface area contributed by atoms with Gasteiger partial charge >= 0.3 is 0 Å². The summed E-state index contributed by atoms with van der Waals surface area (Å²) in [5.74, 6) is 0. The fourth-order valence-electron chi connectivity index (χ4n) is 5.26. The Kier molecular flexibility index (Phi) is 9.09. The maximum absolute atomic E-state index is 14.0. The molecule has 0 spiro atoms. The number of hydrogen-bond acceptors (Lipinski definition) is 4. The smallest absolute Gasteiger partial charge is 0.282 e. The van der Waals surface area contributed by atoms with Crippen molar-refractivity contribution in [2.45, 2.75) is 44.6 Å². The van der Waals surface area contributed by atoms with Crippen LogP contribution in [-0.2, 0) is 42.6 Å². The van der Waals surface area contributed by atoms with Gasteiger partial charge in [-0.3, -0.25) is 0 Å². The maximum atomic E-state index is 14.0. The normalized spacial score (nSPS) is 19.8. The summed E-state index contributed by atoms with van der Waals surface area (Å²) in [5.41, 5.74) is 6.23. The number of nitrogens with zero attached hydrogens (tertiary/aromatic N) is 2. The van der Waals surface area contributed by atoms with Gasteiger partial charge in [0.1, 0.15) is 0 Å². The summed E-state index contributed by atoms with van der Waals surface area (Å²) in [6, 6.07) is 35.9. The molecule has 0 unspecified atom stereocenters. The molecule has 0 aromatic heterocycles. The highest BCUT2D eigenvalue weighted by Crippen LogP contribution is 2.25. The molecule has 5 rings (SSSR count). The second kappa shape index (κ2) is 12.9. The van der Waals surface area contributed by atoms with Crippen LogP contribution in [0.3, 0.4) is 0 Å². The van der Waals surface area contributed by atoms with Crippen LogP contribution in [0.2, 0.25) is 0 Å². The summed E-state index contributed by atoms with van der Waals surface area (Å²) in [7, 11) is -3.99. The van der Waals surface area contributed by atoms with Gasteiger partial charge in [0.2, 0.25) is 0 Å². The summed E-state index contributed by atoms with van der Waals surface area (Å²) in [5, 5.41) is 21.4. The zero-order chi connectivity index (χ0) is 28.0. The van der Waals surface area contributed by atoms with Gasteiger partial charge in [-0.25, -0.2) is 0 Å². The number of hydrogen-bond donors (Lipinski definition) is 2. The molecule has 4 aromatic rings. The van der Waals surface area contributed by atoms with Crippen LogP contribution in [0.1, 0.15) is 33.4 Å². The Balaban J connectivity index is 1.39. The molecule has 1 saturated heterocycles. The van der Waals surface area contributed by atoms with Crippen molar-refractivity contribution in [2.24, 2.45) is 0 Å². The monoisotopic (exact) mass is 556 g/mol. The lowest BCUT2D eigenvalue weighted by Gasteiger charge is -2.28. The third-order valence-corrected chi connectivity index (χ3v) is 9.43. The topological polar surface area (TPSA) is 81.1 Å². The third-order valence-electron chi connectivity index (χ3n) is 7.57. The average Bonchev–Trinajstić information content (AvgIpc) is 3.04. The number of benzene rings is 4. The molecule has 40 heavy (non-hydrogen) atoms. The molecule has 7 heteroatoms. The van der Waals surface area contributed by atoms with Crippen LogP contribution in [0.15, 0.2) is 109 Å². The summed E-state index contributed by atoms with van der Waals surface area (Å²) >= 11 is 0. The lowest BCUT2D eigenvalue weighted by Crippen LogP contribution is -2.43. The van der Waals surface area contributed by atoms with Crippen LogP contribution in [0.4, 0.5) is 0 Å². The molecule has 2 N–H and O–H groups in total. The Hall–Kier alpha value is -3.33. The zero-order valence-corrected chi connectivity index (χ0v) is 23.3. The first-order valence-corrected chi connectivity index (χ1v) is 15.1. The second-order valence-electron chi connectivity index (χ2n) is 10.4. The summed E-state index contributed by atoms with van der Waals surface area (Å²) < 4.78 is 30.7. The van der Waals surface area contributed by atoms with E-state index in [9.17, 15) is 18.6 Å². The number of rotatable bonds is 9.